The van der Waals surface area contributed by atoms with Gasteiger partial charge in [-0.25, -0.2) is 13.4 Å². The molecule has 0 amide bonds. The third-order valence-electron chi connectivity index (χ3n) is 1.81. The molecule has 0 bridgehead atoms. The van der Waals surface area contributed by atoms with Gasteiger partial charge in [-0.05, 0) is 18.6 Å². The summed E-state index contributed by atoms with van der Waals surface area (Å²) in [6.07, 6.45) is 1.81. The number of halogens is 1. The first-order valence-electron chi connectivity index (χ1n) is 4.39. The highest BCUT2D eigenvalue weighted by atomic mass is 35.5. The van der Waals surface area contributed by atoms with Gasteiger partial charge in [0.05, 0.1) is 19.1 Å². The highest BCUT2D eigenvalue weighted by Crippen LogP contribution is 2.13. The molecule has 0 saturated heterocycles. The number of sulfone groups is 1. The zero-order valence-electron chi connectivity index (χ0n) is 8.31. The molecule has 1 aromatic rings. The Kier molecular flexibility index (Phi) is 4.35. The van der Waals surface area contributed by atoms with Gasteiger partial charge in [0.25, 0.3) is 0 Å². The second-order valence-electron chi connectivity index (χ2n) is 2.90. The van der Waals surface area contributed by atoms with Crippen molar-refractivity contribution in [3.05, 3.63) is 18.3 Å². The van der Waals surface area contributed by atoms with E-state index in [9.17, 15) is 8.42 Å². The standard InChI is InChI=1S/C9H12ClNO3S/c1-14-8-3-4-9(11-7-8)15(12,13)6-2-5-10/h3-4,7H,2,5-6H2,1H3. The van der Waals surface area contributed by atoms with E-state index >= 15 is 0 Å². The Morgan fingerprint density at radius 1 is 1.47 bits per heavy atom. The monoisotopic (exact) mass is 249 g/mol. The van der Waals surface area contributed by atoms with Crippen molar-refractivity contribution >= 4 is 21.4 Å². The topological polar surface area (TPSA) is 56.3 Å². The van der Waals surface area contributed by atoms with Crippen molar-refractivity contribution in [2.24, 2.45) is 0 Å². The van der Waals surface area contributed by atoms with E-state index in [1.54, 1.807) is 6.07 Å². The summed E-state index contributed by atoms with van der Waals surface area (Å²) >= 11 is 5.44. The zero-order chi connectivity index (χ0) is 11.3. The highest BCUT2D eigenvalue weighted by molar-refractivity contribution is 7.91. The Bertz CT molecular complexity index is 402. The van der Waals surface area contributed by atoms with E-state index in [1.165, 1.54) is 19.4 Å². The number of alkyl halides is 1. The van der Waals surface area contributed by atoms with Crippen LogP contribution in [-0.4, -0.2) is 32.1 Å². The molecule has 0 N–H and O–H groups in total. The van der Waals surface area contributed by atoms with Crippen LogP contribution in [0.25, 0.3) is 0 Å². The normalized spacial score (nSPS) is 11.3. The zero-order valence-corrected chi connectivity index (χ0v) is 9.88. The van der Waals surface area contributed by atoms with E-state index in [-0.39, 0.29) is 10.8 Å². The summed E-state index contributed by atoms with van der Waals surface area (Å²) in [5, 5.41) is 0.0633. The number of pyridine rings is 1. The summed E-state index contributed by atoms with van der Waals surface area (Å²) in [5.74, 6) is 0.886. The van der Waals surface area contributed by atoms with E-state index < -0.39 is 9.84 Å². The molecule has 1 heterocycles. The van der Waals surface area contributed by atoms with Crippen LogP contribution in [0.3, 0.4) is 0 Å². The lowest BCUT2D eigenvalue weighted by Crippen LogP contribution is -2.09. The Morgan fingerprint density at radius 3 is 2.67 bits per heavy atom. The van der Waals surface area contributed by atoms with Crippen LogP contribution in [0.15, 0.2) is 23.4 Å². The van der Waals surface area contributed by atoms with Gasteiger partial charge in [0.15, 0.2) is 14.9 Å². The molecule has 1 rings (SSSR count). The van der Waals surface area contributed by atoms with Crippen LogP contribution in [0.2, 0.25) is 0 Å². The molecule has 84 valence electrons. The molecule has 0 atom stereocenters. The van der Waals surface area contributed by atoms with Crippen LogP contribution in [0, 0.1) is 0 Å². The average Bonchev–Trinajstić information content (AvgIpc) is 2.26. The summed E-state index contributed by atoms with van der Waals surface area (Å²) in [5.41, 5.74) is 0. The van der Waals surface area contributed by atoms with Gasteiger partial charge < -0.3 is 4.74 Å². The van der Waals surface area contributed by atoms with E-state index in [0.717, 1.165) is 0 Å². The minimum absolute atomic E-state index is 0.0236. The maximum atomic E-state index is 11.6. The predicted octanol–water partition coefficient (Wildman–Crippen LogP) is 1.49. The Morgan fingerprint density at radius 2 is 2.20 bits per heavy atom. The number of hydrogen-bond acceptors (Lipinski definition) is 4. The number of ether oxygens (including phenoxy) is 1. The Labute approximate surface area is 94.2 Å². The number of aromatic nitrogens is 1. The van der Waals surface area contributed by atoms with Crippen molar-refractivity contribution in [3.63, 3.8) is 0 Å². The van der Waals surface area contributed by atoms with Gasteiger partial charge in [-0.3, -0.25) is 0 Å². The number of rotatable bonds is 5. The third-order valence-corrected chi connectivity index (χ3v) is 3.78. The van der Waals surface area contributed by atoms with E-state index in [0.29, 0.717) is 18.1 Å². The first-order chi connectivity index (χ1) is 7.10. The van der Waals surface area contributed by atoms with Crippen LogP contribution in [0.1, 0.15) is 6.42 Å². The van der Waals surface area contributed by atoms with Crippen LogP contribution < -0.4 is 4.74 Å². The lowest BCUT2D eigenvalue weighted by molar-refractivity contribution is 0.412. The molecule has 0 radical (unpaired) electrons. The second-order valence-corrected chi connectivity index (χ2v) is 5.33. The van der Waals surface area contributed by atoms with Crippen molar-refractivity contribution in [1.29, 1.82) is 0 Å². The average molecular weight is 250 g/mol. The fourth-order valence-electron chi connectivity index (χ4n) is 1.02. The molecule has 1 aromatic heterocycles. The molecule has 0 aliphatic heterocycles. The first kappa shape index (κ1) is 12.3. The largest absolute Gasteiger partial charge is 0.495 e. The quantitative estimate of drug-likeness (QED) is 0.742. The van der Waals surface area contributed by atoms with Gasteiger partial charge in [-0.1, -0.05) is 0 Å². The van der Waals surface area contributed by atoms with Crippen molar-refractivity contribution in [3.8, 4) is 5.75 Å². The SMILES string of the molecule is COc1ccc(S(=O)(=O)CCCCl)nc1. The summed E-state index contributed by atoms with van der Waals surface area (Å²) < 4.78 is 28.1. The number of hydrogen-bond donors (Lipinski definition) is 0. The summed E-state index contributed by atoms with van der Waals surface area (Å²) in [6, 6.07) is 3.00. The van der Waals surface area contributed by atoms with Crippen molar-refractivity contribution < 1.29 is 13.2 Å². The molecule has 0 unspecified atom stereocenters. The Hall–Kier alpha value is -0.810. The number of nitrogens with zero attached hydrogens (tertiary/aromatic N) is 1. The minimum atomic E-state index is -3.30. The Balaban J connectivity index is 2.86. The lowest BCUT2D eigenvalue weighted by Gasteiger charge is -2.03. The van der Waals surface area contributed by atoms with Gasteiger partial charge in [0.1, 0.15) is 5.75 Å². The molecule has 15 heavy (non-hydrogen) atoms. The van der Waals surface area contributed by atoms with E-state index in [1.807, 2.05) is 0 Å². The smallest absolute Gasteiger partial charge is 0.195 e. The molecule has 0 spiro atoms. The molecule has 0 aliphatic carbocycles. The van der Waals surface area contributed by atoms with E-state index in [4.69, 9.17) is 16.3 Å². The van der Waals surface area contributed by atoms with Crippen molar-refractivity contribution in [2.75, 3.05) is 18.7 Å². The maximum absolute atomic E-state index is 11.6. The summed E-state index contributed by atoms with van der Waals surface area (Å²) in [6.45, 7) is 0. The van der Waals surface area contributed by atoms with E-state index in [2.05, 4.69) is 4.98 Å². The van der Waals surface area contributed by atoms with Crippen LogP contribution in [0.4, 0.5) is 0 Å². The molecule has 0 aliphatic rings. The van der Waals surface area contributed by atoms with Gasteiger partial charge >= 0.3 is 0 Å². The van der Waals surface area contributed by atoms with Crippen molar-refractivity contribution in [1.82, 2.24) is 4.98 Å². The molecule has 4 nitrogen and oxygen atoms in total. The predicted molar refractivity (Wildman–Crippen MR) is 58.2 cm³/mol. The molecule has 0 aromatic carbocycles. The van der Waals surface area contributed by atoms with Gasteiger partial charge in [0.2, 0.25) is 0 Å². The lowest BCUT2D eigenvalue weighted by atomic mass is 10.5. The van der Waals surface area contributed by atoms with Crippen LogP contribution >= 0.6 is 11.6 Å². The molecule has 6 heteroatoms. The molecule has 0 fully saturated rings. The third kappa shape index (κ3) is 3.35. The van der Waals surface area contributed by atoms with Gasteiger partial charge in [-0.15, -0.1) is 11.6 Å². The second kappa shape index (κ2) is 5.32. The highest BCUT2D eigenvalue weighted by Gasteiger charge is 2.15. The molecule has 0 saturated carbocycles. The maximum Gasteiger partial charge on any atom is 0.195 e. The minimum Gasteiger partial charge on any atom is -0.495 e. The van der Waals surface area contributed by atoms with Crippen molar-refractivity contribution in [2.45, 2.75) is 11.4 Å². The fraction of sp³-hybridized carbons (Fsp3) is 0.444. The van der Waals surface area contributed by atoms with Gasteiger partial charge in [0, 0.05) is 5.88 Å². The van der Waals surface area contributed by atoms with Gasteiger partial charge in [-0.2, -0.15) is 0 Å². The summed E-state index contributed by atoms with van der Waals surface area (Å²) in [7, 11) is -1.80. The van der Waals surface area contributed by atoms with Crippen LogP contribution in [-0.2, 0) is 9.84 Å². The summed E-state index contributed by atoms with van der Waals surface area (Å²) in [4.78, 5) is 3.82. The van der Waals surface area contributed by atoms with Crippen LogP contribution in [0.5, 0.6) is 5.75 Å². The molecular weight excluding hydrogens is 238 g/mol. The number of methoxy groups -OCH3 is 1. The molecular formula is C9H12ClNO3S. The fourth-order valence-corrected chi connectivity index (χ4v) is 2.53. The first-order valence-corrected chi connectivity index (χ1v) is 6.57.